The number of unbranched alkanes of at least 4 members (excludes halogenated alkanes) is 4. The summed E-state index contributed by atoms with van der Waals surface area (Å²) >= 11 is 0. The number of ketones is 1. The lowest BCUT2D eigenvalue weighted by atomic mass is 9.73. The Morgan fingerprint density at radius 1 is 0.742 bits per heavy atom. The molecular formula is C40H50N2O16S4. The van der Waals surface area contributed by atoms with Gasteiger partial charge in [0.1, 0.15) is 6.54 Å². The number of fused-ring (bicyclic) bond motifs is 2. The topological polar surface area (TPSA) is 301 Å². The van der Waals surface area contributed by atoms with Crippen molar-refractivity contribution in [2.75, 3.05) is 29.5 Å². The summed E-state index contributed by atoms with van der Waals surface area (Å²) in [6, 6.07) is 7.89. The number of anilines is 1. The van der Waals surface area contributed by atoms with E-state index in [2.05, 4.69) is 0 Å². The van der Waals surface area contributed by atoms with Crippen LogP contribution >= 0.6 is 0 Å². The molecular weight excluding hydrogens is 893 g/mol. The first-order valence-electron chi connectivity index (χ1n) is 19.8. The van der Waals surface area contributed by atoms with Crippen LogP contribution in [0.3, 0.4) is 0 Å². The molecule has 0 saturated heterocycles. The number of hydrogen-bond donors (Lipinski definition) is 5. The largest absolute Gasteiger partial charge is 0.871 e. The molecule has 2 aliphatic heterocycles. The number of nitrogens with zero attached hydrogens (tertiary/aromatic N) is 2. The third-order valence-electron chi connectivity index (χ3n) is 11.8. The number of rotatable bonds is 21. The molecule has 0 fully saturated rings. The van der Waals surface area contributed by atoms with Crippen LogP contribution in [0.5, 0.6) is 0 Å². The van der Waals surface area contributed by atoms with E-state index in [0.29, 0.717) is 53.2 Å². The average molecular weight is 943 g/mol. The van der Waals surface area contributed by atoms with Gasteiger partial charge in [-0.25, -0.2) is 0 Å². The van der Waals surface area contributed by atoms with Crippen LogP contribution in [0.2, 0.25) is 0 Å². The molecule has 0 saturated carbocycles. The lowest BCUT2D eigenvalue weighted by molar-refractivity contribution is -0.438. The molecule has 2 atom stereocenters. The highest BCUT2D eigenvalue weighted by molar-refractivity contribution is 7.86. The van der Waals surface area contributed by atoms with Crippen LogP contribution in [0.25, 0.3) is 0 Å². The number of carboxylic acid groups (broad SMARTS) is 1. The minimum Gasteiger partial charge on any atom is -0.871 e. The Balaban J connectivity index is 1.65. The first kappa shape index (κ1) is 48.7. The molecule has 2 unspecified atom stereocenters. The second-order valence-electron chi connectivity index (χ2n) is 16.1. The number of carbonyl (C=O) groups is 2. The van der Waals surface area contributed by atoms with E-state index in [4.69, 9.17) is 5.11 Å². The Morgan fingerprint density at radius 3 is 1.81 bits per heavy atom. The number of likely N-dealkylation sites (N-methyl/N-ethyl adjacent to an activating group) is 1. The Kier molecular flexibility index (Phi) is 14.2. The maximum absolute atomic E-state index is 14.2. The Bertz CT molecular complexity index is 2760. The summed E-state index contributed by atoms with van der Waals surface area (Å²) in [6.45, 7) is 5.74. The number of carbonyl (C=O) groups excluding carboxylic acids is 1. The highest BCUT2D eigenvalue weighted by Crippen LogP contribution is 2.52. The minimum absolute atomic E-state index is 0.000764. The molecule has 2 heterocycles. The zero-order valence-electron chi connectivity index (χ0n) is 34.3. The molecule has 0 aromatic heterocycles. The smallest absolute Gasteiger partial charge is 0.303 e. The Morgan fingerprint density at radius 2 is 1.29 bits per heavy atom. The molecule has 2 aromatic rings. The van der Waals surface area contributed by atoms with Gasteiger partial charge in [0, 0.05) is 65.0 Å². The molecule has 0 amide bonds. The second-order valence-corrected chi connectivity index (χ2v) is 22.1. The molecule has 5 rings (SSSR count). The van der Waals surface area contributed by atoms with Crippen LogP contribution in [0.4, 0.5) is 11.4 Å². The van der Waals surface area contributed by atoms with Crippen LogP contribution in [-0.2, 0) is 60.9 Å². The van der Waals surface area contributed by atoms with Crippen molar-refractivity contribution in [2.45, 2.75) is 106 Å². The maximum atomic E-state index is 14.2. The SMILES string of the molecule is CCN1/C(=C/C2=C([O-])C(=C\C3=[N+](CCCCCC(=O)O)c4ccc(S(=O)(=O)O)cc4C3(C)CCCCS(=O)(=O)O)/C2=O)C(C)(CCCCS(=O)(=O)O)c2cc(S(=O)(=O)O)ccc21. The van der Waals surface area contributed by atoms with Gasteiger partial charge in [-0.3, -0.25) is 27.8 Å². The third-order valence-corrected chi connectivity index (χ3v) is 15.1. The van der Waals surface area contributed by atoms with Gasteiger partial charge in [-0.1, -0.05) is 18.6 Å². The number of aliphatic carboxylic acids is 1. The molecule has 0 radical (unpaired) electrons. The van der Waals surface area contributed by atoms with E-state index in [1.54, 1.807) is 30.2 Å². The monoisotopic (exact) mass is 942 g/mol. The van der Waals surface area contributed by atoms with Gasteiger partial charge in [0.05, 0.1) is 26.7 Å². The van der Waals surface area contributed by atoms with Crippen molar-refractivity contribution >= 4 is 69.3 Å². The van der Waals surface area contributed by atoms with Gasteiger partial charge in [0.2, 0.25) is 5.69 Å². The zero-order chi connectivity index (χ0) is 46.2. The van der Waals surface area contributed by atoms with E-state index < -0.39 is 90.1 Å². The van der Waals surface area contributed by atoms with Gasteiger partial charge >= 0.3 is 5.97 Å². The first-order chi connectivity index (χ1) is 28.6. The standard InChI is InChI=1S/C40H50N2O16S4/c1-4-41-32-15-13-26(61(53,54)55)22-30(32)39(2,17-7-10-20-59(47,48)49)34(41)24-28-37(45)29(38(28)46)25-35-40(3,18-8-11-21-60(50,51)52)31-23-27(62(56,57)58)14-16-33(31)42(35)19-9-5-6-12-36(43)44/h13-16,22-25H,4-12,17-21H2,1-3H3,(H5-,43,44,45,46,47,48,49,50,51,52,53,54,55,56,57,58). The molecule has 0 bridgehead atoms. The predicted octanol–water partition coefficient (Wildman–Crippen LogP) is 4.10. The lowest BCUT2D eigenvalue weighted by Crippen LogP contribution is -2.36. The second kappa shape index (κ2) is 18.1. The molecule has 340 valence electrons. The number of hydrogen-bond acceptors (Lipinski definition) is 12. The van der Waals surface area contributed by atoms with Crippen molar-refractivity contribution in [3.63, 3.8) is 0 Å². The summed E-state index contributed by atoms with van der Waals surface area (Å²) in [6.07, 6.45) is 4.68. The van der Waals surface area contributed by atoms with Crippen LogP contribution in [-0.4, -0.2) is 104 Å². The molecule has 3 aliphatic rings. The fourth-order valence-corrected chi connectivity index (χ4v) is 10.8. The van der Waals surface area contributed by atoms with Crippen LogP contribution in [0.1, 0.15) is 96.1 Å². The van der Waals surface area contributed by atoms with E-state index in [9.17, 15) is 66.6 Å². The number of benzene rings is 2. The van der Waals surface area contributed by atoms with Crippen LogP contribution < -0.4 is 10.0 Å². The van der Waals surface area contributed by atoms with Crippen LogP contribution in [0.15, 0.2) is 80.9 Å². The van der Waals surface area contributed by atoms with Gasteiger partial charge < -0.3 is 15.1 Å². The predicted molar refractivity (Wildman–Crippen MR) is 225 cm³/mol. The quantitative estimate of drug-likeness (QED) is 0.0509. The van der Waals surface area contributed by atoms with Gasteiger partial charge in [-0.15, -0.1) is 0 Å². The molecule has 18 nitrogen and oxygen atoms in total. The zero-order valence-corrected chi connectivity index (χ0v) is 37.5. The minimum atomic E-state index is -4.71. The third kappa shape index (κ3) is 10.6. The van der Waals surface area contributed by atoms with E-state index in [-0.39, 0.29) is 69.2 Å². The number of Topliss-reactive ketones (excluding diaryl/α,β-unsaturated/α-hetero) is 1. The van der Waals surface area contributed by atoms with Crippen molar-refractivity contribution in [1.82, 2.24) is 0 Å². The Hall–Kier alpha value is -4.29. The van der Waals surface area contributed by atoms with Crippen molar-refractivity contribution in [3.05, 3.63) is 82.3 Å². The number of carboxylic acids is 1. The van der Waals surface area contributed by atoms with Crippen molar-refractivity contribution in [1.29, 1.82) is 0 Å². The van der Waals surface area contributed by atoms with E-state index in [1.165, 1.54) is 48.6 Å². The van der Waals surface area contributed by atoms with Crippen molar-refractivity contribution in [2.24, 2.45) is 0 Å². The molecule has 2 aromatic carbocycles. The summed E-state index contributed by atoms with van der Waals surface area (Å²) in [5, 5.41) is 23.3. The summed E-state index contributed by atoms with van der Waals surface area (Å²) in [7, 11) is -18.0. The highest BCUT2D eigenvalue weighted by atomic mass is 32.2. The Labute approximate surface area is 361 Å². The van der Waals surface area contributed by atoms with E-state index in [1.807, 2.05) is 0 Å². The lowest BCUT2D eigenvalue weighted by Gasteiger charge is -2.34. The molecule has 62 heavy (non-hydrogen) atoms. The summed E-state index contributed by atoms with van der Waals surface area (Å²) < 4.78 is 136. The van der Waals surface area contributed by atoms with Gasteiger partial charge in [-0.05, 0) is 101 Å². The van der Waals surface area contributed by atoms with E-state index >= 15 is 0 Å². The average Bonchev–Trinajstić information content (AvgIpc) is 3.54. The summed E-state index contributed by atoms with van der Waals surface area (Å²) in [5.41, 5.74) is -0.206. The maximum Gasteiger partial charge on any atom is 0.303 e. The normalized spacial score (nSPS) is 21.9. The molecule has 5 N–H and O–H groups in total. The molecule has 0 spiro atoms. The van der Waals surface area contributed by atoms with Crippen LogP contribution in [0, 0.1) is 0 Å². The van der Waals surface area contributed by atoms with Crippen molar-refractivity contribution in [3.8, 4) is 0 Å². The molecule has 1 aliphatic carbocycles. The summed E-state index contributed by atoms with van der Waals surface area (Å²) in [5.74, 6) is -3.42. The first-order valence-corrected chi connectivity index (χ1v) is 25.9. The molecule has 22 heteroatoms. The van der Waals surface area contributed by atoms with Gasteiger partial charge in [0.15, 0.2) is 11.5 Å². The van der Waals surface area contributed by atoms with Gasteiger partial charge in [-0.2, -0.15) is 38.2 Å². The summed E-state index contributed by atoms with van der Waals surface area (Å²) in [4.78, 5) is 26.3. The fourth-order valence-electron chi connectivity index (χ4n) is 8.64. The number of allylic oxidation sites excluding steroid dienone is 5. The van der Waals surface area contributed by atoms with Gasteiger partial charge in [0.25, 0.3) is 40.5 Å². The van der Waals surface area contributed by atoms with Crippen molar-refractivity contribution < 1.29 is 76.3 Å². The fraction of sp³-hybridized carbons (Fsp3) is 0.475. The highest BCUT2D eigenvalue weighted by Gasteiger charge is 2.49. The van der Waals surface area contributed by atoms with E-state index in [0.717, 1.165) is 0 Å².